The largest absolute Gasteiger partial charge is 0.456 e. The highest BCUT2D eigenvalue weighted by atomic mass is 16.3. The molecular formula is C58H35N3O2. The van der Waals surface area contributed by atoms with E-state index in [4.69, 9.17) is 23.8 Å². The molecule has 0 unspecified atom stereocenters. The van der Waals surface area contributed by atoms with Crippen LogP contribution in [0.4, 0.5) is 0 Å². The zero-order valence-electron chi connectivity index (χ0n) is 34.4. The molecule has 0 spiro atoms. The molecule has 0 saturated carbocycles. The molecule has 1 aliphatic rings. The third-order valence-corrected chi connectivity index (χ3v) is 13.7. The van der Waals surface area contributed by atoms with Gasteiger partial charge in [0.25, 0.3) is 0 Å². The molecule has 63 heavy (non-hydrogen) atoms. The first kappa shape index (κ1) is 34.6. The molecule has 5 heteroatoms. The molecule has 13 aromatic rings. The Labute approximate surface area is 360 Å². The molecule has 10 aromatic carbocycles. The molecule has 0 fully saturated rings. The van der Waals surface area contributed by atoms with Crippen LogP contribution >= 0.6 is 0 Å². The number of hydrogen-bond acceptors (Lipinski definition) is 5. The molecule has 3 heterocycles. The molecule has 0 saturated heterocycles. The molecular weight excluding hydrogens is 771 g/mol. The van der Waals surface area contributed by atoms with Crippen molar-refractivity contribution in [3.63, 3.8) is 0 Å². The molecule has 0 N–H and O–H groups in total. The smallest absolute Gasteiger partial charge is 0.164 e. The van der Waals surface area contributed by atoms with Crippen LogP contribution in [0, 0.1) is 0 Å². The van der Waals surface area contributed by atoms with E-state index in [1.54, 1.807) is 0 Å². The van der Waals surface area contributed by atoms with Gasteiger partial charge in [0.05, 0.1) is 0 Å². The second-order valence-electron chi connectivity index (χ2n) is 17.5. The van der Waals surface area contributed by atoms with E-state index in [0.717, 1.165) is 76.9 Å². The lowest BCUT2D eigenvalue weighted by atomic mass is 9.81. The summed E-state index contributed by atoms with van der Waals surface area (Å²) in [4.78, 5) is 16.3. The summed E-state index contributed by atoms with van der Waals surface area (Å²) in [7, 11) is 0. The molecule has 3 aromatic heterocycles. The van der Waals surface area contributed by atoms with Crippen molar-refractivity contribution < 1.29 is 8.83 Å². The highest BCUT2D eigenvalue weighted by Gasteiger charge is 2.39. The summed E-state index contributed by atoms with van der Waals surface area (Å²) in [6.45, 7) is 4.61. The van der Waals surface area contributed by atoms with Crippen molar-refractivity contribution in [2.24, 2.45) is 0 Å². The van der Waals surface area contributed by atoms with Crippen molar-refractivity contribution in [2.45, 2.75) is 19.3 Å². The van der Waals surface area contributed by atoms with E-state index in [9.17, 15) is 0 Å². The average Bonchev–Trinajstić information content (AvgIpc) is 3.98. The summed E-state index contributed by atoms with van der Waals surface area (Å²) in [5.41, 5.74) is 10.6. The van der Waals surface area contributed by atoms with Gasteiger partial charge in [-0.2, -0.15) is 0 Å². The Bertz CT molecular complexity index is 4100. The van der Waals surface area contributed by atoms with Crippen molar-refractivity contribution in [1.29, 1.82) is 0 Å². The SMILES string of the molecule is CC1(C)c2ccccc2-c2c1cc(-c1nc(-c3ccc4oc5ccccc5c4c3)nc(-c3ccc4ccc5c6ccccc6c6ccccc6c5c4c3)n1)c1c2oc2ccccc21. The van der Waals surface area contributed by atoms with Gasteiger partial charge in [0, 0.05) is 49.2 Å². The number of hydrogen-bond donors (Lipinski definition) is 0. The van der Waals surface area contributed by atoms with Crippen molar-refractivity contribution in [3.05, 3.63) is 187 Å². The van der Waals surface area contributed by atoms with Gasteiger partial charge in [-0.1, -0.05) is 147 Å². The Hall–Kier alpha value is -8.15. The quantitative estimate of drug-likeness (QED) is 0.166. The van der Waals surface area contributed by atoms with E-state index in [1.807, 2.05) is 30.3 Å². The number of furan rings is 2. The maximum atomic E-state index is 6.89. The van der Waals surface area contributed by atoms with Crippen LogP contribution in [0.1, 0.15) is 25.0 Å². The minimum Gasteiger partial charge on any atom is -0.456 e. The van der Waals surface area contributed by atoms with Gasteiger partial charge in [-0.3, -0.25) is 0 Å². The number of para-hydroxylation sites is 2. The van der Waals surface area contributed by atoms with Gasteiger partial charge in [0.2, 0.25) is 0 Å². The van der Waals surface area contributed by atoms with Crippen LogP contribution in [-0.2, 0) is 5.41 Å². The van der Waals surface area contributed by atoms with Crippen LogP contribution in [0.3, 0.4) is 0 Å². The molecule has 0 aliphatic heterocycles. The number of benzene rings is 10. The zero-order chi connectivity index (χ0) is 41.6. The minimum absolute atomic E-state index is 0.285. The summed E-state index contributed by atoms with van der Waals surface area (Å²) >= 11 is 0. The van der Waals surface area contributed by atoms with Gasteiger partial charge in [0.1, 0.15) is 22.3 Å². The Kier molecular flexibility index (Phi) is 6.84. The van der Waals surface area contributed by atoms with Crippen LogP contribution in [0.5, 0.6) is 0 Å². The summed E-state index contributed by atoms with van der Waals surface area (Å²) in [5, 5.41) is 13.8. The second kappa shape index (κ2) is 12.5. The molecule has 1 aliphatic carbocycles. The van der Waals surface area contributed by atoms with Crippen molar-refractivity contribution in [2.75, 3.05) is 0 Å². The van der Waals surface area contributed by atoms with Crippen molar-refractivity contribution in [1.82, 2.24) is 15.0 Å². The third-order valence-electron chi connectivity index (χ3n) is 13.7. The van der Waals surface area contributed by atoms with E-state index in [-0.39, 0.29) is 5.41 Å². The van der Waals surface area contributed by atoms with E-state index in [1.165, 1.54) is 49.0 Å². The zero-order valence-corrected chi connectivity index (χ0v) is 34.4. The first-order valence-electron chi connectivity index (χ1n) is 21.5. The Morgan fingerprint density at radius 2 is 0.905 bits per heavy atom. The Morgan fingerprint density at radius 3 is 1.67 bits per heavy atom. The second-order valence-corrected chi connectivity index (χ2v) is 17.5. The average molecular weight is 806 g/mol. The molecule has 294 valence electrons. The van der Waals surface area contributed by atoms with Gasteiger partial charge in [0.15, 0.2) is 17.5 Å². The molecule has 0 atom stereocenters. The van der Waals surface area contributed by atoms with Crippen molar-refractivity contribution >= 4 is 87.0 Å². The number of aromatic nitrogens is 3. The minimum atomic E-state index is -0.285. The predicted molar refractivity (Wildman–Crippen MR) is 258 cm³/mol. The highest BCUT2D eigenvalue weighted by molar-refractivity contribution is 6.31. The van der Waals surface area contributed by atoms with Gasteiger partial charge in [-0.15, -0.1) is 0 Å². The fourth-order valence-electron chi connectivity index (χ4n) is 10.7. The van der Waals surface area contributed by atoms with E-state index in [2.05, 4.69) is 159 Å². The first-order valence-corrected chi connectivity index (χ1v) is 21.5. The summed E-state index contributed by atoms with van der Waals surface area (Å²) < 4.78 is 13.2. The normalized spacial score (nSPS) is 13.4. The van der Waals surface area contributed by atoms with Crippen LogP contribution in [0.2, 0.25) is 0 Å². The van der Waals surface area contributed by atoms with Gasteiger partial charge < -0.3 is 8.83 Å². The van der Waals surface area contributed by atoms with Crippen LogP contribution in [-0.4, -0.2) is 15.0 Å². The number of fused-ring (bicyclic) bond motifs is 18. The molecule has 0 radical (unpaired) electrons. The standard InChI is InChI=1S/C58H35N3O2/c1-58(2)46-20-10-7-18-41(46)53-47(58)31-45(52-42-19-9-12-22-49(42)63-54(52)53)57-60-55(59-56(61-57)34-26-28-50-44(30-34)38-16-8-11-21-48(38)62-50)33-24-23-32-25-27-40-37-15-4-3-13-35(37)36-14-5-6-17-39(36)51(40)43(32)29-33/h3-31H,1-2H3. The number of rotatable bonds is 3. The van der Waals surface area contributed by atoms with Crippen molar-refractivity contribution in [3.8, 4) is 45.3 Å². The molecule has 5 nitrogen and oxygen atoms in total. The van der Waals surface area contributed by atoms with Gasteiger partial charge >= 0.3 is 0 Å². The predicted octanol–water partition coefficient (Wildman–Crippen LogP) is 15.6. The monoisotopic (exact) mass is 805 g/mol. The summed E-state index contributed by atoms with van der Waals surface area (Å²) in [6.07, 6.45) is 0. The fraction of sp³-hybridized carbons (Fsp3) is 0.0517. The lowest BCUT2D eigenvalue weighted by Gasteiger charge is -2.22. The van der Waals surface area contributed by atoms with Gasteiger partial charge in [-0.25, -0.2) is 15.0 Å². The topological polar surface area (TPSA) is 65.0 Å². The maximum absolute atomic E-state index is 6.89. The molecule has 0 bridgehead atoms. The molecule has 0 amide bonds. The Morgan fingerprint density at radius 1 is 0.365 bits per heavy atom. The molecule has 14 rings (SSSR count). The van der Waals surface area contributed by atoms with Crippen LogP contribution < -0.4 is 0 Å². The maximum Gasteiger partial charge on any atom is 0.164 e. The fourth-order valence-corrected chi connectivity index (χ4v) is 10.7. The van der Waals surface area contributed by atoms with E-state index < -0.39 is 0 Å². The highest BCUT2D eigenvalue weighted by Crippen LogP contribution is 2.54. The van der Waals surface area contributed by atoms with Gasteiger partial charge in [-0.05, 0) is 102 Å². The van der Waals surface area contributed by atoms with E-state index >= 15 is 0 Å². The van der Waals surface area contributed by atoms with E-state index in [0.29, 0.717) is 17.5 Å². The summed E-state index contributed by atoms with van der Waals surface area (Å²) in [5.74, 6) is 1.77. The van der Waals surface area contributed by atoms with Crippen LogP contribution in [0.15, 0.2) is 185 Å². The lowest BCUT2D eigenvalue weighted by molar-refractivity contribution is 0.653. The van der Waals surface area contributed by atoms with Crippen LogP contribution in [0.25, 0.3) is 132 Å². The first-order chi connectivity index (χ1) is 31.0. The third kappa shape index (κ3) is 4.79. The number of nitrogens with zero attached hydrogens (tertiary/aromatic N) is 3. The lowest BCUT2D eigenvalue weighted by Crippen LogP contribution is -2.15. The summed E-state index contributed by atoms with van der Waals surface area (Å²) in [6, 6.07) is 62.4. The Balaban J connectivity index is 1.08.